The molecule has 0 saturated heterocycles. The lowest BCUT2D eigenvalue weighted by molar-refractivity contribution is 0.353. The molecule has 0 fully saturated rings. The number of benzene rings is 2. The molecule has 1 atom stereocenters. The maximum atomic E-state index is 13.8. The fourth-order valence-electron chi connectivity index (χ4n) is 2.54. The Morgan fingerprint density at radius 3 is 2.90 bits per heavy atom. The van der Waals surface area contributed by atoms with E-state index in [9.17, 15) is 8.78 Å². The van der Waals surface area contributed by atoms with Crippen LogP contribution in [0.15, 0.2) is 30.3 Å². The molecule has 21 heavy (non-hydrogen) atoms. The molecule has 2 aromatic carbocycles. The fraction of sp³-hybridized carbons (Fsp3) is 0.250. The molecule has 1 nitrogen and oxygen atoms in total. The van der Waals surface area contributed by atoms with Gasteiger partial charge in [0.15, 0.2) is 11.6 Å². The average molecular weight is 374 g/mol. The summed E-state index contributed by atoms with van der Waals surface area (Å²) in [5, 5.41) is 0.624. The predicted molar refractivity (Wildman–Crippen MR) is 82.4 cm³/mol. The molecule has 0 saturated carbocycles. The van der Waals surface area contributed by atoms with Crippen molar-refractivity contribution in [2.75, 3.05) is 6.61 Å². The summed E-state index contributed by atoms with van der Waals surface area (Å²) in [5.74, 6) is -0.834. The molecule has 3 rings (SSSR count). The van der Waals surface area contributed by atoms with Crippen molar-refractivity contribution in [1.82, 2.24) is 0 Å². The molecule has 0 aliphatic carbocycles. The van der Waals surface area contributed by atoms with E-state index >= 15 is 0 Å². The van der Waals surface area contributed by atoms with Crippen molar-refractivity contribution in [1.29, 1.82) is 0 Å². The van der Waals surface area contributed by atoms with Crippen molar-refractivity contribution in [2.24, 2.45) is 0 Å². The van der Waals surface area contributed by atoms with Gasteiger partial charge in [-0.05, 0) is 35.7 Å². The summed E-state index contributed by atoms with van der Waals surface area (Å²) < 4.78 is 32.7. The lowest BCUT2D eigenvalue weighted by Crippen LogP contribution is -2.02. The number of ether oxygens (including phenoxy) is 1. The standard InChI is InChI=1S/C16H12BrClF2O/c17-13(7-9-2-1-3-14(19)15(9)20)12-8-11(18)6-10-4-5-21-16(10)12/h1-3,6,8,13H,4-5,7H2. The highest BCUT2D eigenvalue weighted by Crippen LogP contribution is 2.41. The van der Waals surface area contributed by atoms with Crippen LogP contribution < -0.4 is 4.74 Å². The zero-order valence-corrected chi connectivity index (χ0v) is 13.3. The summed E-state index contributed by atoms with van der Waals surface area (Å²) in [6, 6.07) is 7.89. The van der Waals surface area contributed by atoms with Gasteiger partial charge in [0.1, 0.15) is 5.75 Å². The first kappa shape index (κ1) is 14.8. The van der Waals surface area contributed by atoms with E-state index in [0.29, 0.717) is 23.6 Å². The lowest BCUT2D eigenvalue weighted by atomic mass is 10.0. The minimum Gasteiger partial charge on any atom is -0.493 e. The van der Waals surface area contributed by atoms with Crippen molar-refractivity contribution >= 4 is 27.5 Å². The Kier molecular flexibility index (Phi) is 4.18. The minimum absolute atomic E-state index is 0.195. The van der Waals surface area contributed by atoms with Gasteiger partial charge in [-0.3, -0.25) is 0 Å². The molecule has 1 unspecified atom stereocenters. The van der Waals surface area contributed by atoms with E-state index in [0.717, 1.165) is 29.4 Å². The second-order valence-electron chi connectivity index (χ2n) is 4.97. The van der Waals surface area contributed by atoms with Gasteiger partial charge in [0.25, 0.3) is 0 Å². The predicted octanol–water partition coefficient (Wildman–Crippen LogP) is 5.23. The third-order valence-electron chi connectivity index (χ3n) is 3.55. The van der Waals surface area contributed by atoms with E-state index in [4.69, 9.17) is 16.3 Å². The highest BCUT2D eigenvalue weighted by molar-refractivity contribution is 9.09. The molecular weight excluding hydrogens is 362 g/mol. The normalized spacial score (nSPS) is 14.7. The van der Waals surface area contributed by atoms with Gasteiger partial charge < -0.3 is 4.74 Å². The van der Waals surface area contributed by atoms with Gasteiger partial charge in [-0.25, -0.2) is 8.78 Å². The van der Waals surface area contributed by atoms with Crippen LogP contribution in [0, 0.1) is 11.6 Å². The molecule has 2 aromatic rings. The molecule has 1 aliphatic rings. The first-order valence-corrected chi connectivity index (χ1v) is 7.87. The first-order chi connectivity index (χ1) is 10.1. The minimum atomic E-state index is -0.834. The Morgan fingerprint density at radius 1 is 1.29 bits per heavy atom. The molecule has 5 heteroatoms. The Hall–Kier alpha value is -1.13. The van der Waals surface area contributed by atoms with Crippen molar-refractivity contribution in [3.05, 3.63) is 63.7 Å². The lowest BCUT2D eigenvalue weighted by Gasteiger charge is -2.15. The third kappa shape index (κ3) is 2.92. The van der Waals surface area contributed by atoms with Crippen molar-refractivity contribution < 1.29 is 13.5 Å². The average Bonchev–Trinajstić information content (AvgIpc) is 2.90. The van der Waals surface area contributed by atoms with E-state index in [-0.39, 0.29) is 4.83 Å². The summed E-state index contributed by atoms with van der Waals surface area (Å²) in [6.07, 6.45) is 1.14. The van der Waals surface area contributed by atoms with Crippen LogP contribution in [0.25, 0.3) is 0 Å². The largest absolute Gasteiger partial charge is 0.493 e. The van der Waals surface area contributed by atoms with Crippen molar-refractivity contribution in [3.8, 4) is 5.75 Å². The van der Waals surface area contributed by atoms with E-state index in [2.05, 4.69) is 15.9 Å². The van der Waals surface area contributed by atoms with E-state index < -0.39 is 11.6 Å². The first-order valence-electron chi connectivity index (χ1n) is 6.58. The van der Waals surface area contributed by atoms with Crippen molar-refractivity contribution in [2.45, 2.75) is 17.7 Å². The fourth-order valence-corrected chi connectivity index (χ4v) is 3.48. The quantitative estimate of drug-likeness (QED) is 0.669. The molecule has 0 N–H and O–H groups in total. The molecule has 0 bridgehead atoms. The number of hydrogen-bond acceptors (Lipinski definition) is 1. The highest BCUT2D eigenvalue weighted by atomic mass is 79.9. The number of alkyl halides is 1. The van der Waals surface area contributed by atoms with Crippen LogP contribution in [0.2, 0.25) is 5.02 Å². The molecular formula is C16H12BrClF2O. The molecule has 0 radical (unpaired) electrons. The number of rotatable bonds is 3. The highest BCUT2D eigenvalue weighted by Gasteiger charge is 2.23. The third-order valence-corrected chi connectivity index (χ3v) is 4.58. The van der Waals surface area contributed by atoms with Crippen LogP contribution in [-0.4, -0.2) is 6.61 Å². The summed E-state index contributed by atoms with van der Waals surface area (Å²) in [5.41, 5.74) is 2.25. The van der Waals surface area contributed by atoms with Gasteiger partial charge in [-0.1, -0.05) is 39.7 Å². The smallest absolute Gasteiger partial charge is 0.162 e. The maximum Gasteiger partial charge on any atom is 0.162 e. The maximum absolute atomic E-state index is 13.8. The zero-order chi connectivity index (χ0) is 15.0. The second-order valence-corrected chi connectivity index (χ2v) is 6.51. The Balaban J connectivity index is 1.93. The number of fused-ring (bicyclic) bond motifs is 1. The van der Waals surface area contributed by atoms with Gasteiger partial charge in [-0.15, -0.1) is 0 Å². The van der Waals surface area contributed by atoms with Crippen LogP contribution in [0.5, 0.6) is 5.75 Å². The molecule has 1 heterocycles. The molecule has 0 spiro atoms. The van der Waals surface area contributed by atoms with Gasteiger partial charge in [0, 0.05) is 21.8 Å². The topological polar surface area (TPSA) is 9.23 Å². The second kappa shape index (κ2) is 5.93. The van der Waals surface area contributed by atoms with Gasteiger partial charge >= 0.3 is 0 Å². The summed E-state index contributed by atoms with van der Waals surface area (Å²) in [6.45, 7) is 0.622. The van der Waals surface area contributed by atoms with Crippen LogP contribution in [0.4, 0.5) is 8.78 Å². The Labute approximate surface area is 135 Å². The summed E-state index contributed by atoms with van der Waals surface area (Å²) in [7, 11) is 0. The molecule has 0 aromatic heterocycles. The van der Waals surface area contributed by atoms with E-state index in [1.807, 2.05) is 12.1 Å². The van der Waals surface area contributed by atoms with Gasteiger partial charge in [0.2, 0.25) is 0 Å². The number of halogens is 4. The Bertz CT molecular complexity index is 690. The molecule has 1 aliphatic heterocycles. The van der Waals surface area contributed by atoms with Crippen LogP contribution >= 0.6 is 27.5 Å². The Morgan fingerprint density at radius 2 is 2.10 bits per heavy atom. The van der Waals surface area contributed by atoms with E-state index in [1.54, 1.807) is 6.07 Å². The van der Waals surface area contributed by atoms with Gasteiger partial charge in [-0.2, -0.15) is 0 Å². The van der Waals surface area contributed by atoms with Crippen LogP contribution in [0.3, 0.4) is 0 Å². The van der Waals surface area contributed by atoms with Crippen LogP contribution in [-0.2, 0) is 12.8 Å². The molecule has 110 valence electrons. The van der Waals surface area contributed by atoms with Crippen molar-refractivity contribution in [3.63, 3.8) is 0 Å². The zero-order valence-electron chi connectivity index (χ0n) is 11.0. The summed E-state index contributed by atoms with van der Waals surface area (Å²) >= 11 is 9.66. The van der Waals surface area contributed by atoms with Crippen LogP contribution in [0.1, 0.15) is 21.5 Å². The SMILES string of the molecule is Fc1cccc(CC(Br)c2cc(Cl)cc3c2OCC3)c1F. The summed E-state index contributed by atoms with van der Waals surface area (Å²) in [4.78, 5) is -0.195. The van der Waals surface area contributed by atoms with E-state index in [1.165, 1.54) is 6.07 Å². The van der Waals surface area contributed by atoms with Gasteiger partial charge in [0.05, 0.1) is 6.61 Å². The monoisotopic (exact) mass is 372 g/mol. The molecule has 0 amide bonds. The number of hydrogen-bond donors (Lipinski definition) is 0.